The Labute approximate surface area is 205 Å². The van der Waals surface area contributed by atoms with E-state index in [4.69, 9.17) is 9.47 Å². The topological polar surface area (TPSA) is 134 Å². The molecule has 0 bridgehead atoms. The Bertz CT molecular complexity index is 1180. The number of esters is 1. The molecule has 2 atom stereocenters. The third-order valence-corrected chi connectivity index (χ3v) is 8.17. The predicted molar refractivity (Wildman–Crippen MR) is 126 cm³/mol. The molecule has 35 heavy (non-hydrogen) atoms. The Morgan fingerprint density at radius 1 is 1.17 bits per heavy atom. The first kappa shape index (κ1) is 25.7. The lowest BCUT2D eigenvalue weighted by Crippen LogP contribution is -2.32. The van der Waals surface area contributed by atoms with Crippen LogP contribution in [0.15, 0.2) is 35.5 Å². The monoisotopic (exact) mass is 506 g/mol. The molecule has 0 amide bonds. The van der Waals surface area contributed by atoms with Crippen LogP contribution in [0.25, 0.3) is 5.69 Å². The van der Waals surface area contributed by atoms with Crippen LogP contribution in [0.4, 0.5) is 0 Å². The highest BCUT2D eigenvalue weighted by molar-refractivity contribution is 7.91. The fraction of sp³-hybridized carbons (Fsp3) is 0.667. The minimum atomic E-state index is -3.82. The minimum Gasteiger partial charge on any atom is -0.460 e. The van der Waals surface area contributed by atoms with E-state index in [1.807, 2.05) is 6.07 Å². The number of benzene rings is 1. The van der Waals surface area contributed by atoms with Crippen molar-refractivity contribution in [3.8, 4) is 5.69 Å². The quantitative estimate of drug-likeness (QED) is 0.381. The summed E-state index contributed by atoms with van der Waals surface area (Å²) in [5.41, 5.74) is -1.16. The molecule has 2 fully saturated rings. The van der Waals surface area contributed by atoms with Gasteiger partial charge in [0.15, 0.2) is 5.79 Å². The molecule has 1 N–H and O–H groups in total. The van der Waals surface area contributed by atoms with Crippen molar-refractivity contribution in [1.29, 1.82) is 0 Å². The molecule has 4 rings (SSSR count). The fourth-order valence-electron chi connectivity index (χ4n) is 4.79. The van der Waals surface area contributed by atoms with Crippen molar-refractivity contribution < 1.29 is 27.8 Å². The standard InChI is InChI=1S/C24H34N4O6S/c1-21(2,3)34-19(29)14-24(13-18(24)33-22(4,5)30)15-23(11-12-23)16-35(31,32)20-25-26-27-28(20)17-9-7-6-8-10-17/h6-10,18,30H,11-16H2,1-5H3. The van der Waals surface area contributed by atoms with Crippen molar-refractivity contribution in [2.75, 3.05) is 5.75 Å². The molecule has 0 radical (unpaired) electrons. The second-order valence-electron chi connectivity index (χ2n) is 11.5. The van der Waals surface area contributed by atoms with Crippen LogP contribution >= 0.6 is 0 Å². The number of ether oxygens (including phenoxy) is 2. The highest BCUT2D eigenvalue weighted by Gasteiger charge is 2.64. The van der Waals surface area contributed by atoms with Gasteiger partial charge in [0, 0.05) is 5.41 Å². The molecule has 2 aliphatic carbocycles. The van der Waals surface area contributed by atoms with Crippen molar-refractivity contribution in [3.63, 3.8) is 0 Å². The first-order chi connectivity index (χ1) is 16.1. The van der Waals surface area contributed by atoms with Crippen LogP contribution in [0.1, 0.15) is 66.7 Å². The largest absolute Gasteiger partial charge is 0.460 e. The zero-order valence-corrected chi connectivity index (χ0v) is 21.7. The molecule has 0 spiro atoms. The van der Waals surface area contributed by atoms with E-state index in [9.17, 15) is 18.3 Å². The van der Waals surface area contributed by atoms with Crippen molar-refractivity contribution in [2.24, 2.45) is 10.8 Å². The van der Waals surface area contributed by atoms with E-state index < -0.39 is 32.1 Å². The summed E-state index contributed by atoms with van der Waals surface area (Å²) in [7, 11) is -3.82. The number of carbonyl (C=O) groups excluding carboxylic acids is 1. The Morgan fingerprint density at radius 3 is 2.40 bits per heavy atom. The van der Waals surface area contributed by atoms with Gasteiger partial charge in [0.05, 0.1) is 24.0 Å². The first-order valence-electron chi connectivity index (χ1n) is 11.8. The molecular weight excluding hydrogens is 472 g/mol. The van der Waals surface area contributed by atoms with Gasteiger partial charge in [0.1, 0.15) is 5.60 Å². The molecule has 192 valence electrons. The van der Waals surface area contributed by atoms with Crippen LogP contribution < -0.4 is 0 Å². The number of tetrazole rings is 1. The van der Waals surface area contributed by atoms with Gasteiger partial charge in [-0.15, -0.1) is 0 Å². The molecule has 2 aromatic rings. The molecule has 10 nitrogen and oxygen atoms in total. The summed E-state index contributed by atoms with van der Waals surface area (Å²) in [5.74, 6) is -1.84. The second-order valence-corrected chi connectivity index (χ2v) is 13.4. The maximum absolute atomic E-state index is 13.4. The van der Waals surface area contributed by atoms with Crippen LogP contribution in [-0.4, -0.2) is 62.9 Å². The molecule has 2 saturated carbocycles. The average molecular weight is 507 g/mol. The summed E-state index contributed by atoms with van der Waals surface area (Å²) in [6.45, 7) is 8.51. The second kappa shape index (κ2) is 8.63. The first-order valence-corrected chi connectivity index (χ1v) is 13.5. The third-order valence-electron chi connectivity index (χ3n) is 6.36. The van der Waals surface area contributed by atoms with E-state index in [2.05, 4.69) is 15.5 Å². The van der Waals surface area contributed by atoms with Gasteiger partial charge in [-0.1, -0.05) is 23.3 Å². The van der Waals surface area contributed by atoms with E-state index in [1.54, 1.807) is 58.9 Å². The Balaban J connectivity index is 1.54. The van der Waals surface area contributed by atoms with Crippen LogP contribution in [-0.2, 0) is 24.1 Å². The van der Waals surface area contributed by atoms with Crippen molar-refractivity contribution in [2.45, 2.75) is 89.4 Å². The van der Waals surface area contributed by atoms with Gasteiger partial charge in [0.2, 0.25) is 9.84 Å². The van der Waals surface area contributed by atoms with E-state index in [0.717, 1.165) is 0 Å². The highest BCUT2D eigenvalue weighted by atomic mass is 32.2. The smallest absolute Gasteiger partial charge is 0.306 e. The van der Waals surface area contributed by atoms with Gasteiger partial charge in [-0.05, 0) is 88.3 Å². The van der Waals surface area contributed by atoms with E-state index >= 15 is 0 Å². The molecule has 0 saturated heterocycles. The molecule has 1 heterocycles. The zero-order valence-electron chi connectivity index (χ0n) is 20.9. The van der Waals surface area contributed by atoms with E-state index in [-0.39, 0.29) is 29.4 Å². The van der Waals surface area contributed by atoms with Gasteiger partial charge in [-0.3, -0.25) is 4.79 Å². The lowest BCUT2D eigenvalue weighted by molar-refractivity contribution is -0.193. The number of para-hydroxylation sites is 1. The summed E-state index contributed by atoms with van der Waals surface area (Å²) >= 11 is 0. The lowest BCUT2D eigenvalue weighted by atomic mass is 9.87. The number of aromatic nitrogens is 4. The average Bonchev–Trinajstić information content (AvgIpc) is 3.50. The molecule has 1 aromatic heterocycles. The summed E-state index contributed by atoms with van der Waals surface area (Å²) in [6.07, 6.45) is 2.21. The van der Waals surface area contributed by atoms with Gasteiger partial charge in [-0.2, -0.15) is 4.68 Å². The van der Waals surface area contributed by atoms with Crippen LogP contribution in [0.3, 0.4) is 0 Å². The van der Waals surface area contributed by atoms with Gasteiger partial charge < -0.3 is 14.6 Å². The third kappa shape index (κ3) is 6.25. The number of nitrogens with zero attached hydrogens (tertiary/aromatic N) is 4. The molecule has 2 unspecified atom stereocenters. The number of rotatable bonds is 10. The van der Waals surface area contributed by atoms with Crippen molar-refractivity contribution >= 4 is 15.8 Å². The van der Waals surface area contributed by atoms with Gasteiger partial charge in [0.25, 0.3) is 5.16 Å². The Hall–Kier alpha value is -2.37. The van der Waals surface area contributed by atoms with Crippen LogP contribution in [0, 0.1) is 10.8 Å². The number of carbonyl (C=O) groups is 1. The normalized spacial score (nSPS) is 23.7. The SMILES string of the molecule is CC(C)(C)OC(=O)CC1(CC2(CS(=O)(=O)c3nnnn3-c3ccccc3)CC2)CC1OC(C)(C)O. The Morgan fingerprint density at radius 2 is 1.83 bits per heavy atom. The predicted octanol–water partition coefficient (Wildman–Crippen LogP) is 2.84. The minimum absolute atomic E-state index is 0.106. The van der Waals surface area contributed by atoms with Crippen molar-refractivity contribution in [3.05, 3.63) is 30.3 Å². The molecular formula is C24H34N4O6S. The maximum Gasteiger partial charge on any atom is 0.306 e. The molecule has 0 aliphatic heterocycles. The number of hydrogen-bond acceptors (Lipinski definition) is 9. The summed E-state index contributed by atoms with van der Waals surface area (Å²) < 4.78 is 39.5. The molecule has 2 aliphatic rings. The fourth-order valence-corrected chi connectivity index (χ4v) is 6.68. The van der Waals surface area contributed by atoms with Crippen LogP contribution in [0.2, 0.25) is 0 Å². The maximum atomic E-state index is 13.4. The molecule has 11 heteroatoms. The number of aliphatic hydroxyl groups is 1. The van der Waals surface area contributed by atoms with Gasteiger partial charge in [-0.25, -0.2) is 8.42 Å². The number of hydrogen-bond donors (Lipinski definition) is 1. The summed E-state index contributed by atoms with van der Waals surface area (Å²) in [4.78, 5) is 12.7. The summed E-state index contributed by atoms with van der Waals surface area (Å²) in [5, 5.41) is 21.3. The van der Waals surface area contributed by atoms with Crippen LogP contribution in [0.5, 0.6) is 0 Å². The van der Waals surface area contributed by atoms with Gasteiger partial charge >= 0.3 is 5.97 Å². The zero-order chi connectivity index (χ0) is 25.7. The summed E-state index contributed by atoms with van der Waals surface area (Å²) in [6, 6.07) is 8.87. The highest BCUT2D eigenvalue weighted by Crippen LogP contribution is 2.65. The van der Waals surface area contributed by atoms with Crippen molar-refractivity contribution in [1.82, 2.24) is 20.2 Å². The Kier molecular flexibility index (Phi) is 6.34. The van der Waals surface area contributed by atoms with E-state index in [1.165, 1.54) is 4.68 Å². The number of sulfone groups is 1. The van der Waals surface area contributed by atoms with E-state index in [0.29, 0.717) is 31.4 Å². The lowest BCUT2D eigenvalue weighted by Gasteiger charge is -2.27. The molecule has 1 aromatic carbocycles.